The van der Waals surface area contributed by atoms with E-state index in [1.54, 1.807) is 0 Å². The molecule has 4 heteroatoms. The molecule has 0 amide bonds. The second-order valence-electron chi connectivity index (χ2n) is 6.64. The van der Waals surface area contributed by atoms with Crippen LogP contribution in [0.4, 0.5) is 0 Å². The number of ketones is 1. The fourth-order valence-electron chi connectivity index (χ4n) is 3.93. The fourth-order valence-corrected chi connectivity index (χ4v) is 3.93. The minimum Gasteiger partial charge on any atom is -0.378 e. The number of likely N-dealkylation sites (N-methyl/N-ethyl adjacent to an activating group) is 1. The average Bonchev–Trinajstić information content (AvgIpc) is 2.45. The zero-order valence-corrected chi connectivity index (χ0v) is 13.4. The molecule has 4 nitrogen and oxygen atoms in total. The molecule has 2 atom stereocenters. The maximum atomic E-state index is 13.0. The summed E-state index contributed by atoms with van der Waals surface area (Å²) in [5.41, 5.74) is 3.27. The van der Waals surface area contributed by atoms with Gasteiger partial charge in [0.25, 0.3) is 0 Å². The van der Waals surface area contributed by atoms with Gasteiger partial charge in [0.2, 0.25) is 0 Å². The lowest BCUT2D eigenvalue weighted by molar-refractivity contribution is -0.0702. The average molecular weight is 298 g/mol. The number of fused-ring (bicyclic) bond motifs is 2. The molecule has 2 saturated heterocycles. The van der Waals surface area contributed by atoms with Crippen molar-refractivity contribution in [3.05, 3.63) is 34.4 Å². The van der Waals surface area contributed by atoms with E-state index in [9.17, 15) is 4.79 Å². The molecule has 2 bridgehead atoms. The molecule has 22 heavy (non-hydrogen) atoms. The minimum absolute atomic E-state index is 0.0698. The summed E-state index contributed by atoms with van der Waals surface area (Å²) in [7, 11) is 2.14. The fraction of sp³-hybridized carbons (Fsp3) is 0.556. The standard InChI is InChI=1S/C18H22N2O2/c1-11-4-13(8-19)5-12(2)17(11)18(21)14-6-15-9-22-10-16(7-14)20(15)3/h4-5,14-16H,6-7,9-10H2,1-3H3. The Kier molecular flexibility index (Phi) is 4.03. The maximum absolute atomic E-state index is 13.0. The number of piperidine rings is 1. The molecule has 116 valence electrons. The first-order chi connectivity index (χ1) is 10.5. The molecule has 2 unspecified atom stereocenters. The van der Waals surface area contributed by atoms with E-state index < -0.39 is 0 Å². The molecule has 2 fully saturated rings. The van der Waals surface area contributed by atoms with Gasteiger partial charge in [0, 0.05) is 23.6 Å². The van der Waals surface area contributed by atoms with E-state index in [4.69, 9.17) is 10.00 Å². The van der Waals surface area contributed by atoms with Gasteiger partial charge in [-0.3, -0.25) is 9.69 Å². The van der Waals surface area contributed by atoms with Crippen LogP contribution in [0.2, 0.25) is 0 Å². The first-order valence-electron chi connectivity index (χ1n) is 7.86. The summed E-state index contributed by atoms with van der Waals surface area (Å²) in [6.07, 6.45) is 1.73. The van der Waals surface area contributed by atoms with Crippen molar-refractivity contribution < 1.29 is 9.53 Å². The Hall–Kier alpha value is -1.70. The minimum atomic E-state index is 0.0698. The number of benzene rings is 1. The highest BCUT2D eigenvalue weighted by atomic mass is 16.5. The highest BCUT2D eigenvalue weighted by Gasteiger charge is 2.40. The van der Waals surface area contributed by atoms with Crippen LogP contribution in [0.5, 0.6) is 0 Å². The third kappa shape index (κ3) is 2.55. The van der Waals surface area contributed by atoms with E-state index in [2.05, 4.69) is 18.0 Å². The van der Waals surface area contributed by atoms with E-state index in [0.29, 0.717) is 17.6 Å². The Bertz CT molecular complexity index is 610. The lowest BCUT2D eigenvalue weighted by atomic mass is 9.79. The van der Waals surface area contributed by atoms with Gasteiger partial charge in [-0.1, -0.05) is 0 Å². The van der Waals surface area contributed by atoms with Gasteiger partial charge in [0.15, 0.2) is 5.78 Å². The van der Waals surface area contributed by atoms with E-state index in [-0.39, 0.29) is 11.7 Å². The third-order valence-corrected chi connectivity index (χ3v) is 5.16. The van der Waals surface area contributed by atoms with Crippen molar-refractivity contribution in [1.29, 1.82) is 5.26 Å². The van der Waals surface area contributed by atoms with Crippen LogP contribution in [-0.2, 0) is 4.74 Å². The summed E-state index contributed by atoms with van der Waals surface area (Å²) in [5.74, 6) is 0.310. The van der Waals surface area contributed by atoms with E-state index >= 15 is 0 Å². The number of Topliss-reactive ketones (excluding diaryl/α,β-unsaturated/α-hetero) is 1. The maximum Gasteiger partial charge on any atom is 0.166 e. The number of carbonyl (C=O) groups excluding carboxylic acids is 1. The van der Waals surface area contributed by atoms with Crippen molar-refractivity contribution >= 4 is 5.78 Å². The molecule has 3 rings (SSSR count). The van der Waals surface area contributed by atoms with Crippen LogP contribution in [0.3, 0.4) is 0 Å². The van der Waals surface area contributed by atoms with Gasteiger partial charge in [-0.05, 0) is 57.0 Å². The van der Waals surface area contributed by atoms with Gasteiger partial charge in [-0.25, -0.2) is 0 Å². The predicted molar refractivity (Wildman–Crippen MR) is 83.8 cm³/mol. The monoisotopic (exact) mass is 298 g/mol. The van der Waals surface area contributed by atoms with Crippen LogP contribution < -0.4 is 0 Å². The summed E-state index contributed by atoms with van der Waals surface area (Å²) in [5, 5.41) is 9.05. The molecule has 1 aromatic rings. The Morgan fingerprint density at radius 3 is 2.27 bits per heavy atom. The molecule has 2 aliphatic rings. The van der Waals surface area contributed by atoms with E-state index in [1.165, 1.54) is 0 Å². The highest BCUT2D eigenvalue weighted by molar-refractivity contribution is 6.00. The molecule has 0 spiro atoms. The van der Waals surface area contributed by atoms with Crippen LogP contribution in [0.1, 0.15) is 39.9 Å². The quantitative estimate of drug-likeness (QED) is 0.787. The number of hydrogen-bond donors (Lipinski definition) is 0. The third-order valence-electron chi connectivity index (χ3n) is 5.16. The second kappa shape index (κ2) is 5.83. The van der Waals surface area contributed by atoms with Crippen molar-refractivity contribution in [3.63, 3.8) is 0 Å². The number of rotatable bonds is 2. The van der Waals surface area contributed by atoms with Gasteiger partial charge in [-0.2, -0.15) is 5.26 Å². The van der Waals surface area contributed by atoms with Crippen LogP contribution in [0.25, 0.3) is 0 Å². The van der Waals surface area contributed by atoms with Crippen molar-refractivity contribution in [3.8, 4) is 6.07 Å². The van der Waals surface area contributed by atoms with Crippen LogP contribution in [0.15, 0.2) is 12.1 Å². The smallest absolute Gasteiger partial charge is 0.166 e. The molecule has 0 N–H and O–H groups in total. The molecule has 0 aliphatic carbocycles. The van der Waals surface area contributed by atoms with Crippen molar-refractivity contribution in [2.75, 3.05) is 20.3 Å². The Balaban J connectivity index is 1.88. The molecular weight excluding hydrogens is 276 g/mol. The summed E-state index contributed by atoms with van der Waals surface area (Å²) < 4.78 is 5.63. The normalized spacial score (nSPS) is 28.2. The van der Waals surface area contributed by atoms with Crippen molar-refractivity contribution in [1.82, 2.24) is 4.90 Å². The molecule has 0 saturated carbocycles. The number of hydrogen-bond acceptors (Lipinski definition) is 4. The number of morpholine rings is 1. The predicted octanol–water partition coefficient (Wildman–Crippen LogP) is 2.47. The molecule has 0 radical (unpaired) electrons. The van der Waals surface area contributed by atoms with Crippen LogP contribution >= 0.6 is 0 Å². The molecule has 2 aliphatic heterocycles. The first-order valence-corrected chi connectivity index (χ1v) is 7.86. The molecular formula is C18H22N2O2. The van der Waals surface area contributed by atoms with E-state index in [1.807, 2.05) is 26.0 Å². The van der Waals surface area contributed by atoms with Crippen molar-refractivity contribution in [2.24, 2.45) is 5.92 Å². The number of nitriles is 1. The van der Waals surface area contributed by atoms with Crippen LogP contribution in [0, 0.1) is 31.1 Å². The SMILES string of the molecule is Cc1cc(C#N)cc(C)c1C(=O)C1CC2COCC(C1)N2C. The largest absolute Gasteiger partial charge is 0.378 e. The van der Waals surface area contributed by atoms with Gasteiger partial charge >= 0.3 is 0 Å². The topological polar surface area (TPSA) is 53.3 Å². The Morgan fingerprint density at radius 2 is 1.77 bits per heavy atom. The van der Waals surface area contributed by atoms with Gasteiger partial charge in [0.1, 0.15) is 0 Å². The zero-order chi connectivity index (χ0) is 15.9. The number of aryl methyl sites for hydroxylation is 2. The summed E-state index contributed by atoms with van der Waals surface area (Å²) in [6, 6.07) is 6.49. The van der Waals surface area contributed by atoms with Gasteiger partial charge in [-0.15, -0.1) is 0 Å². The molecule has 0 aromatic heterocycles. The van der Waals surface area contributed by atoms with E-state index in [0.717, 1.165) is 42.7 Å². The Labute approximate surface area is 131 Å². The van der Waals surface area contributed by atoms with Gasteiger partial charge < -0.3 is 4.74 Å². The second-order valence-corrected chi connectivity index (χ2v) is 6.64. The highest BCUT2D eigenvalue weighted by Crippen LogP contribution is 2.33. The molecule has 1 aromatic carbocycles. The lowest BCUT2D eigenvalue weighted by Crippen LogP contribution is -2.55. The van der Waals surface area contributed by atoms with Crippen LogP contribution in [-0.4, -0.2) is 43.0 Å². The zero-order valence-electron chi connectivity index (χ0n) is 13.4. The summed E-state index contributed by atoms with van der Waals surface area (Å²) in [4.78, 5) is 15.4. The Morgan fingerprint density at radius 1 is 1.23 bits per heavy atom. The summed E-state index contributed by atoms with van der Waals surface area (Å²) in [6.45, 7) is 5.31. The van der Waals surface area contributed by atoms with Crippen molar-refractivity contribution in [2.45, 2.75) is 38.8 Å². The number of ether oxygens (including phenoxy) is 1. The lowest BCUT2D eigenvalue weighted by Gasteiger charge is -2.46. The van der Waals surface area contributed by atoms with Gasteiger partial charge in [0.05, 0.1) is 24.8 Å². The number of carbonyl (C=O) groups is 1. The summed E-state index contributed by atoms with van der Waals surface area (Å²) >= 11 is 0. The number of nitrogens with zero attached hydrogens (tertiary/aromatic N) is 2. The first kappa shape index (κ1) is 15.2. The molecule has 2 heterocycles.